The van der Waals surface area contributed by atoms with Crippen molar-refractivity contribution in [1.82, 2.24) is 4.98 Å². The van der Waals surface area contributed by atoms with E-state index in [0.717, 1.165) is 16.6 Å². The summed E-state index contributed by atoms with van der Waals surface area (Å²) in [5.41, 5.74) is 4.17. The number of hydrogen-bond acceptors (Lipinski definition) is 3. The van der Waals surface area contributed by atoms with E-state index in [4.69, 9.17) is 9.72 Å². The molecule has 4 rings (SSSR count). The van der Waals surface area contributed by atoms with E-state index in [1.165, 1.54) is 76.9 Å². The fourth-order valence-electron chi connectivity index (χ4n) is 4.92. The van der Waals surface area contributed by atoms with Gasteiger partial charge in [-0.1, -0.05) is 56.7 Å². The molecular weight excluding hydrogens is 322 g/mol. The van der Waals surface area contributed by atoms with Crippen molar-refractivity contribution in [3.63, 3.8) is 0 Å². The SMILES string of the molecule is COC(=O)c1cc(C2CCCCC2)nc2c(C3CCCCC3)cccc12. The van der Waals surface area contributed by atoms with Gasteiger partial charge >= 0.3 is 5.97 Å². The molecule has 2 aliphatic carbocycles. The van der Waals surface area contributed by atoms with Gasteiger partial charge in [-0.3, -0.25) is 4.98 Å². The molecule has 2 saturated carbocycles. The number of fused-ring (bicyclic) bond motifs is 1. The third kappa shape index (κ3) is 3.36. The van der Waals surface area contributed by atoms with Crippen molar-refractivity contribution in [3.05, 3.63) is 41.1 Å². The molecule has 0 unspecified atom stereocenters. The zero-order valence-corrected chi connectivity index (χ0v) is 15.8. The number of carbonyl (C=O) groups excluding carboxylic acids is 1. The highest BCUT2D eigenvalue weighted by atomic mass is 16.5. The van der Waals surface area contributed by atoms with Crippen LogP contribution in [0, 0.1) is 0 Å². The van der Waals surface area contributed by atoms with Crippen LogP contribution in [0.2, 0.25) is 0 Å². The quantitative estimate of drug-likeness (QED) is 0.626. The number of aromatic nitrogens is 1. The number of rotatable bonds is 3. The van der Waals surface area contributed by atoms with Gasteiger partial charge in [-0.25, -0.2) is 4.79 Å². The molecule has 0 spiro atoms. The van der Waals surface area contributed by atoms with Gasteiger partial charge in [0.1, 0.15) is 0 Å². The molecule has 0 saturated heterocycles. The van der Waals surface area contributed by atoms with Gasteiger partial charge in [0.25, 0.3) is 0 Å². The maximum Gasteiger partial charge on any atom is 0.338 e. The molecule has 3 heteroatoms. The molecule has 2 fully saturated rings. The summed E-state index contributed by atoms with van der Waals surface area (Å²) < 4.78 is 5.11. The zero-order chi connectivity index (χ0) is 17.9. The van der Waals surface area contributed by atoms with Crippen LogP contribution in [0.25, 0.3) is 10.9 Å². The molecule has 138 valence electrons. The molecule has 3 nitrogen and oxygen atoms in total. The maximum atomic E-state index is 12.5. The smallest absolute Gasteiger partial charge is 0.338 e. The van der Waals surface area contributed by atoms with E-state index in [9.17, 15) is 4.79 Å². The lowest BCUT2D eigenvalue weighted by Gasteiger charge is -2.25. The van der Waals surface area contributed by atoms with Crippen molar-refractivity contribution >= 4 is 16.9 Å². The van der Waals surface area contributed by atoms with Gasteiger partial charge in [0, 0.05) is 17.0 Å². The van der Waals surface area contributed by atoms with Gasteiger partial charge < -0.3 is 4.74 Å². The van der Waals surface area contributed by atoms with Gasteiger partial charge in [-0.2, -0.15) is 0 Å². The topological polar surface area (TPSA) is 39.2 Å². The Morgan fingerprint density at radius 3 is 2.27 bits per heavy atom. The largest absolute Gasteiger partial charge is 0.465 e. The van der Waals surface area contributed by atoms with Crippen LogP contribution in [0.4, 0.5) is 0 Å². The van der Waals surface area contributed by atoms with Gasteiger partial charge in [0.05, 0.1) is 18.2 Å². The predicted octanol–water partition coefficient (Wildman–Crippen LogP) is 6.12. The highest BCUT2D eigenvalue weighted by Crippen LogP contribution is 2.38. The molecule has 0 bridgehead atoms. The standard InChI is InChI=1S/C23H29NO2/c1-26-23(25)20-15-21(17-11-6-3-7-12-17)24-22-18(13-8-14-19(20)22)16-9-4-2-5-10-16/h8,13-17H,2-7,9-12H2,1H3. The van der Waals surface area contributed by atoms with E-state index < -0.39 is 0 Å². The molecular formula is C23H29NO2. The first kappa shape index (κ1) is 17.5. The van der Waals surface area contributed by atoms with Crippen LogP contribution in [0.15, 0.2) is 24.3 Å². The summed E-state index contributed by atoms with van der Waals surface area (Å²) in [7, 11) is 1.47. The van der Waals surface area contributed by atoms with E-state index in [0.29, 0.717) is 17.4 Å². The summed E-state index contributed by atoms with van der Waals surface area (Å²) in [5.74, 6) is 0.818. The van der Waals surface area contributed by atoms with Crippen molar-refractivity contribution in [2.24, 2.45) is 0 Å². The van der Waals surface area contributed by atoms with Crippen LogP contribution in [0.5, 0.6) is 0 Å². The number of carbonyl (C=O) groups is 1. The predicted molar refractivity (Wildman–Crippen MR) is 105 cm³/mol. The highest BCUT2D eigenvalue weighted by Gasteiger charge is 2.24. The summed E-state index contributed by atoms with van der Waals surface area (Å²) in [4.78, 5) is 17.6. The first-order valence-electron chi connectivity index (χ1n) is 10.3. The van der Waals surface area contributed by atoms with Crippen molar-refractivity contribution in [2.45, 2.75) is 76.0 Å². The second-order valence-corrected chi connectivity index (χ2v) is 8.00. The Kier molecular flexibility index (Phi) is 5.23. The highest BCUT2D eigenvalue weighted by molar-refractivity contribution is 6.04. The second-order valence-electron chi connectivity index (χ2n) is 8.00. The molecule has 0 aliphatic heterocycles. The molecule has 2 aliphatic rings. The van der Waals surface area contributed by atoms with E-state index in [-0.39, 0.29) is 5.97 Å². The second kappa shape index (κ2) is 7.77. The van der Waals surface area contributed by atoms with E-state index in [1.807, 2.05) is 12.1 Å². The van der Waals surface area contributed by atoms with Crippen molar-refractivity contribution in [1.29, 1.82) is 0 Å². The number of para-hydroxylation sites is 1. The van der Waals surface area contributed by atoms with Gasteiger partial charge in [-0.15, -0.1) is 0 Å². The van der Waals surface area contributed by atoms with E-state index in [1.54, 1.807) is 0 Å². The number of nitrogens with zero attached hydrogens (tertiary/aromatic N) is 1. The van der Waals surface area contributed by atoms with E-state index in [2.05, 4.69) is 12.1 Å². The maximum absolute atomic E-state index is 12.5. The molecule has 0 atom stereocenters. The Bertz CT molecular complexity index is 786. The molecule has 26 heavy (non-hydrogen) atoms. The first-order valence-corrected chi connectivity index (χ1v) is 10.3. The minimum absolute atomic E-state index is 0.241. The Morgan fingerprint density at radius 2 is 1.62 bits per heavy atom. The minimum Gasteiger partial charge on any atom is -0.465 e. The summed E-state index contributed by atoms with van der Waals surface area (Å²) in [5, 5.41) is 0.958. The Balaban J connectivity index is 1.86. The third-order valence-electron chi connectivity index (χ3n) is 6.36. The summed E-state index contributed by atoms with van der Waals surface area (Å²) in [6, 6.07) is 8.36. The number of hydrogen-bond donors (Lipinski definition) is 0. The summed E-state index contributed by atoms with van der Waals surface area (Å²) in [6.45, 7) is 0. The van der Waals surface area contributed by atoms with Crippen molar-refractivity contribution in [3.8, 4) is 0 Å². The third-order valence-corrected chi connectivity index (χ3v) is 6.36. The van der Waals surface area contributed by atoms with E-state index >= 15 is 0 Å². The minimum atomic E-state index is -0.241. The normalized spacial score (nSPS) is 19.6. The molecule has 1 aromatic carbocycles. The van der Waals surface area contributed by atoms with Crippen LogP contribution in [-0.2, 0) is 4.74 Å². The summed E-state index contributed by atoms with van der Waals surface area (Å²) >= 11 is 0. The number of ether oxygens (including phenoxy) is 1. The molecule has 1 heterocycles. The van der Waals surface area contributed by atoms with Crippen LogP contribution < -0.4 is 0 Å². The van der Waals surface area contributed by atoms with Crippen LogP contribution >= 0.6 is 0 Å². The Hall–Kier alpha value is -1.90. The van der Waals surface area contributed by atoms with Crippen molar-refractivity contribution < 1.29 is 9.53 Å². The number of pyridine rings is 1. The van der Waals surface area contributed by atoms with Crippen LogP contribution in [0.3, 0.4) is 0 Å². The molecule has 1 aromatic heterocycles. The fourth-order valence-corrected chi connectivity index (χ4v) is 4.92. The van der Waals surface area contributed by atoms with Gasteiger partial charge in [0.2, 0.25) is 0 Å². The van der Waals surface area contributed by atoms with Crippen LogP contribution in [-0.4, -0.2) is 18.1 Å². The molecule has 2 aromatic rings. The average Bonchev–Trinajstić information content (AvgIpc) is 2.73. The molecule has 0 amide bonds. The number of methoxy groups -OCH3 is 1. The molecule has 0 radical (unpaired) electrons. The lowest BCUT2D eigenvalue weighted by atomic mass is 9.82. The number of benzene rings is 1. The zero-order valence-electron chi connectivity index (χ0n) is 15.8. The molecule has 0 N–H and O–H groups in total. The lowest BCUT2D eigenvalue weighted by molar-refractivity contribution is 0.0602. The van der Waals surface area contributed by atoms with Crippen LogP contribution in [0.1, 0.15) is 97.7 Å². The van der Waals surface area contributed by atoms with Gasteiger partial charge in [0.15, 0.2) is 0 Å². The van der Waals surface area contributed by atoms with Gasteiger partial charge in [-0.05, 0) is 43.2 Å². The number of esters is 1. The monoisotopic (exact) mass is 351 g/mol. The average molecular weight is 351 g/mol. The van der Waals surface area contributed by atoms with Crippen molar-refractivity contribution in [2.75, 3.05) is 7.11 Å². The fraction of sp³-hybridized carbons (Fsp3) is 0.565. The lowest BCUT2D eigenvalue weighted by Crippen LogP contribution is -2.12. The summed E-state index contributed by atoms with van der Waals surface area (Å²) in [6.07, 6.45) is 12.6. The first-order chi connectivity index (χ1) is 12.8. The Morgan fingerprint density at radius 1 is 0.962 bits per heavy atom. The Labute approximate surface area is 156 Å².